The Hall–Kier alpha value is -2.93. The van der Waals surface area contributed by atoms with Crippen LogP contribution in [0.2, 0.25) is 0 Å². The van der Waals surface area contributed by atoms with Crippen LogP contribution < -0.4 is 19.1 Å². The third-order valence-electron chi connectivity index (χ3n) is 6.50. The summed E-state index contributed by atoms with van der Waals surface area (Å²) in [5.74, 6) is 2.39. The number of unbranched alkanes of at least 4 members (excludes halogenated alkanes) is 1. The molecule has 2 aliphatic rings. The molecule has 0 spiro atoms. The van der Waals surface area contributed by atoms with Gasteiger partial charge in [-0.1, -0.05) is 17.3 Å². The van der Waals surface area contributed by atoms with E-state index in [-0.39, 0.29) is 6.10 Å². The first-order chi connectivity index (χ1) is 16.2. The van der Waals surface area contributed by atoms with Crippen molar-refractivity contribution in [3.8, 4) is 17.2 Å². The maximum absolute atomic E-state index is 5.71. The topological polar surface area (TPSA) is 55.8 Å². The first-order valence-corrected chi connectivity index (χ1v) is 11.8. The normalized spacial score (nSPS) is 18.6. The Morgan fingerprint density at radius 2 is 1.64 bits per heavy atom. The monoisotopic (exact) mass is 453 g/mol. The molecule has 2 heterocycles. The molecule has 4 rings (SSSR count). The average Bonchev–Trinajstić information content (AvgIpc) is 3.35. The summed E-state index contributed by atoms with van der Waals surface area (Å²) in [6.07, 6.45) is 4.36. The molecule has 33 heavy (non-hydrogen) atoms. The molecule has 1 saturated heterocycles. The number of ether oxygens (including phenoxy) is 3. The third kappa shape index (κ3) is 5.71. The molecule has 0 bridgehead atoms. The number of hydrogen-bond donors (Lipinski definition) is 0. The molecule has 0 amide bonds. The van der Waals surface area contributed by atoms with Crippen molar-refractivity contribution in [2.24, 2.45) is 5.16 Å². The molecule has 0 radical (unpaired) electrons. The molecule has 0 aromatic heterocycles. The zero-order valence-electron chi connectivity index (χ0n) is 20.0. The minimum atomic E-state index is 0.162. The van der Waals surface area contributed by atoms with Gasteiger partial charge < -0.3 is 23.9 Å². The molecule has 7 heteroatoms. The van der Waals surface area contributed by atoms with Gasteiger partial charge in [0.15, 0.2) is 11.5 Å². The molecule has 2 aromatic rings. The summed E-state index contributed by atoms with van der Waals surface area (Å²) in [6.45, 7) is 5.38. The molecule has 1 atom stereocenters. The lowest BCUT2D eigenvalue weighted by atomic mass is 10.0. The molecule has 2 aromatic carbocycles. The molecular weight excluding hydrogens is 418 g/mol. The van der Waals surface area contributed by atoms with E-state index in [2.05, 4.69) is 27.1 Å². The molecule has 1 unspecified atom stereocenters. The van der Waals surface area contributed by atoms with E-state index < -0.39 is 0 Å². The van der Waals surface area contributed by atoms with Crippen LogP contribution in [0.15, 0.2) is 47.6 Å². The molecule has 0 aliphatic carbocycles. The number of oxime groups is 1. The predicted molar refractivity (Wildman–Crippen MR) is 131 cm³/mol. The van der Waals surface area contributed by atoms with E-state index in [1.54, 1.807) is 21.3 Å². The highest BCUT2D eigenvalue weighted by molar-refractivity contribution is 6.01. The fourth-order valence-corrected chi connectivity index (χ4v) is 4.58. The fraction of sp³-hybridized carbons (Fsp3) is 0.500. The van der Waals surface area contributed by atoms with Crippen molar-refractivity contribution >= 4 is 11.4 Å². The van der Waals surface area contributed by atoms with Crippen molar-refractivity contribution in [3.63, 3.8) is 0 Å². The maximum atomic E-state index is 5.71. The molecule has 178 valence electrons. The molecule has 7 nitrogen and oxygen atoms in total. The zero-order chi connectivity index (χ0) is 23.0. The van der Waals surface area contributed by atoms with Crippen LogP contribution in [0.25, 0.3) is 0 Å². The van der Waals surface area contributed by atoms with Crippen molar-refractivity contribution in [1.82, 2.24) is 4.90 Å². The summed E-state index contributed by atoms with van der Waals surface area (Å²) in [6, 6.07) is 14.2. The van der Waals surface area contributed by atoms with Crippen molar-refractivity contribution in [1.29, 1.82) is 0 Å². The predicted octanol–water partition coefficient (Wildman–Crippen LogP) is 4.20. The van der Waals surface area contributed by atoms with E-state index >= 15 is 0 Å². The van der Waals surface area contributed by atoms with Gasteiger partial charge in [-0.2, -0.15) is 0 Å². The minimum Gasteiger partial charge on any atom is -0.495 e. The van der Waals surface area contributed by atoms with Gasteiger partial charge in [0.2, 0.25) is 0 Å². The molecule has 0 saturated carbocycles. The standard InChI is InChI=1S/C26H35N3O4/c1-30-24-10-5-4-9-23(24)29-16-14-28(15-17-29)13-7-6-8-21-19-22(27-33-21)20-11-12-25(31-2)26(18-20)32-3/h4-5,9-12,18,21H,6-8,13-17,19H2,1-3H3. The van der Waals surface area contributed by atoms with Crippen LogP contribution in [0.1, 0.15) is 31.2 Å². The van der Waals surface area contributed by atoms with Gasteiger partial charge in [-0.3, -0.25) is 4.90 Å². The van der Waals surface area contributed by atoms with Crippen LogP contribution in [0.5, 0.6) is 17.2 Å². The van der Waals surface area contributed by atoms with Crippen LogP contribution in [0, 0.1) is 0 Å². The SMILES string of the molecule is COc1ccc(C2=NOC(CCCCN3CCN(c4ccccc4OC)CC3)C2)cc1OC. The highest BCUT2D eigenvalue weighted by Gasteiger charge is 2.23. The van der Waals surface area contributed by atoms with Crippen LogP contribution in [-0.4, -0.2) is 70.8 Å². The Balaban J connectivity index is 1.16. The van der Waals surface area contributed by atoms with Crippen molar-refractivity contribution in [2.45, 2.75) is 31.8 Å². The average molecular weight is 454 g/mol. The number of anilines is 1. The van der Waals surface area contributed by atoms with Gasteiger partial charge in [0.1, 0.15) is 11.9 Å². The lowest BCUT2D eigenvalue weighted by Gasteiger charge is -2.36. The van der Waals surface area contributed by atoms with Gasteiger partial charge in [-0.05, 0) is 56.1 Å². The number of para-hydroxylation sites is 2. The Morgan fingerprint density at radius 3 is 2.39 bits per heavy atom. The second-order valence-corrected chi connectivity index (χ2v) is 8.54. The van der Waals surface area contributed by atoms with E-state index in [1.165, 1.54) is 12.1 Å². The summed E-state index contributed by atoms with van der Waals surface area (Å²) in [7, 11) is 5.03. The van der Waals surface area contributed by atoms with Gasteiger partial charge in [0.05, 0.1) is 32.7 Å². The zero-order valence-corrected chi connectivity index (χ0v) is 20.0. The highest BCUT2D eigenvalue weighted by Crippen LogP contribution is 2.30. The summed E-state index contributed by atoms with van der Waals surface area (Å²) < 4.78 is 16.3. The Kier molecular flexibility index (Phi) is 7.94. The Morgan fingerprint density at radius 1 is 0.879 bits per heavy atom. The Bertz CT molecular complexity index is 941. The summed E-state index contributed by atoms with van der Waals surface area (Å²) in [4.78, 5) is 10.7. The first kappa shape index (κ1) is 23.2. The number of nitrogens with zero attached hydrogens (tertiary/aromatic N) is 3. The van der Waals surface area contributed by atoms with Crippen molar-refractivity contribution < 1.29 is 19.0 Å². The second-order valence-electron chi connectivity index (χ2n) is 8.54. The lowest BCUT2D eigenvalue weighted by molar-refractivity contribution is 0.0763. The maximum Gasteiger partial charge on any atom is 0.161 e. The number of hydrogen-bond acceptors (Lipinski definition) is 7. The lowest BCUT2D eigenvalue weighted by Crippen LogP contribution is -2.46. The van der Waals surface area contributed by atoms with Crippen molar-refractivity contribution in [2.75, 3.05) is 59.0 Å². The van der Waals surface area contributed by atoms with E-state index in [0.717, 1.165) is 74.8 Å². The number of benzene rings is 2. The fourth-order valence-electron chi connectivity index (χ4n) is 4.58. The van der Waals surface area contributed by atoms with Gasteiger partial charge in [0, 0.05) is 38.2 Å². The summed E-state index contributed by atoms with van der Waals surface area (Å²) in [5.41, 5.74) is 3.21. The first-order valence-electron chi connectivity index (χ1n) is 11.8. The Labute approximate surface area is 196 Å². The van der Waals surface area contributed by atoms with E-state index in [9.17, 15) is 0 Å². The van der Waals surface area contributed by atoms with Crippen LogP contribution in [0.3, 0.4) is 0 Å². The minimum absolute atomic E-state index is 0.162. The van der Waals surface area contributed by atoms with E-state index in [0.29, 0.717) is 5.75 Å². The molecular formula is C26H35N3O4. The van der Waals surface area contributed by atoms with E-state index in [1.807, 2.05) is 30.3 Å². The molecule has 2 aliphatic heterocycles. The highest BCUT2D eigenvalue weighted by atomic mass is 16.6. The quantitative estimate of drug-likeness (QED) is 0.503. The summed E-state index contributed by atoms with van der Waals surface area (Å²) >= 11 is 0. The third-order valence-corrected chi connectivity index (χ3v) is 6.50. The van der Waals surface area contributed by atoms with E-state index in [4.69, 9.17) is 19.0 Å². The number of methoxy groups -OCH3 is 3. The van der Waals surface area contributed by atoms with Gasteiger partial charge >= 0.3 is 0 Å². The molecule has 0 N–H and O–H groups in total. The van der Waals surface area contributed by atoms with Crippen molar-refractivity contribution in [3.05, 3.63) is 48.0 Å². The number of piperazine rings is 1. The second kappa shape index (κ2) is 11.3. The van der Waals surface area contributed by atoms with Gasteiger partial charge in [-0.15, -0.1) is 0 Å². The van der Waals surface area contributed by atoms with Gasteiger partial charge in [-0.25, -0.2) is 0 Å². The number of rotatable bonds is 10. The smallest absolute Gasteiger partial charge is 0.161 e. The van der Waals surface area contributed by atoms with Gasteiger partial charge in [0.25, 0.3) is 0 Å². The largest absolute Gasteiger partial charge is 0.495 e. The summed E-state index contributed by atoms with van der Waals surface area (Å²) in [5, 5.41) is 4.33. The van der Waals surface area contributed by atoms with Crippen LogP contribution >= 0.6 is 0 Å². The molecule has 1 fully saturated rings. The van der Waals surface area contributed by atoms with Crippen LogP contribution in [0.4, 0.5) is 5.69 Å². The van der Waals surface area contributed by atoms with Crippen LogP contribution in [-0.2, 0) is 4.84 Å².